The van der Waals surface area contributed by atoms with Crippen molar-refractivity contribution in [1.29, 1.82) is 0 Å². The lowest BCUT2D eigenvalue weighted by atomic mass is 9.89. The zero-order valence-electron chi connectivity index (χ0n) is 13.3. The average molecular weight is 314 g/mol. The number of aromatic nitrogens is 2. The third-order valence-corrected chi connectivity index (χ3v) is 4.44. The van der Waals surface area contributed by atoms with E-state index in [4.69, 9.17) is 10.5 Å². The van der Waals surface area contributed by atoms with Crippen molar-refractivity contribution in [3.05, 3.63) is 30.1 Å². The van der Waals surface area contributed by atoms with Crippen molar-refractivity contribution in [2.45, 2.75) is 32.2 Å². The average Bonchev–Trinajstić information content (AvgIpc) is 2.56. The van der Waals surface area contributed by atoms with Gasteiger partial charge in [0.1, 0.15) is 12.1 Å². The van der Waals surface area contributed by atoms with Crippen molar-refractivity contribution in [3.8, 4) is 0 Å². The normalized spacial score (nSPS) is 17.1. The molecular formula is C17H22N4O2. The van der Waals surface area contributed by atoms with E-state index < -0.39 is 0 Å². The lowest BCUT2D eigenvalue weighted by molar-refractivity contribution is -0.118. The Labute approximate surface area is 135 Å². The van der Waals surface area contributed by atoms with Gasteiger partial charge in [0.05, 0.1) is 5.52 Å². The molecule has 1 aromatic carbocycles. The number of anilines is 1. The van der Waals surface area contributed by atoms with Crippen LogP contribution < -0.4 is 11.1 Å². The van der Waals surface area contributed by atoms with Crippen LogP contribution in [0, 0.1) is 12.8 Å². The summed E-state index contributed by atoms with van der Waals surface area (Å²) in [6.45, 7) is 3.48. The Kier molecular flexibility index (Phi) is 4.71. The second kappa shape index (κ2) is 6.91. The van der Waals surface area contributed by atoms with E-state index in [1.165, 1.54) is 0 Å². The van der Waals surface area contributed by atoms with Crippen molar-refractivity contribution in [3.63, 3.8) is 0 Å². The first-order chi connectivity index (χ1) is 11.1. The Morgan fingerprint density at radius 2 is 2.17 bits per heavy atom. The summed E-state index contributed by atoms with van der Waals surface area (Å²) in [6, 6.07) is 5.98. The van der Waals surface area contributed by atoms with E-state index in [1.807, 2.05) is 25.1 Å². The van der Waals surface area contributed by atoms with Crippen molar-refractivity contribution in [1.82, 2.24) is 9.97 Å². The van der Waals surface area contributed by atoms with Crippen LogP contribution in [0.5, 0.6) is 0 Å². The number of carbonyl (C=O) groups is 1. The molecule has 1 atom stereocenters. The summed E-state index contributed by atoms with van der Waals surface area (Å²) in [4.78, 5) is 20.2. The molecule has 1 aromatic heterocycles. The van der Waals surface area contributed by atoms with E-state index in [-0.39, 0.29) is 11.9 Å². The van der Waals surface area contributed by atoms with Gasteiger partial charge in [-0.25, -0.2) is 9.97 Å². The van der Waals surface area contributed by atoms with Gasteiger partial charge >= 0.3 is 0 Å². The molecule has 6 heteroatoms. The minimum Gasteiger partial charge on any atom is -0.381 e. The van der Waals surface area contributed by atoms with E-state index in [9.17, 15) is 4.79 Å². The Bertz CT molecular complexity index is 698. The fraction of sp³-hybridized carbons (Fsp3) is 0.471. The zero-order chi connectivity index (χ0) is 16.2. The molecule has 0 saturated carbocycles. The second-order valence-corrected chi connectivity index (χ2v) is 6.06. The van der Waals surface area contributed by atoms with Crippen molar-refractivity contribution in [2.24, 2.45) is 11.7 Å². The van der Waals surface area contributed by atoms with Crippen LogP contribution in [0.15, 0.2) is 24.5 Å². The highest BCUT2D eigenvalue weighted by Crippen LogP contribution is 2.27. The topological polar surface area (TPSA) is 90.1 Å². The number of fused-ring (bicyclic) bond motifs is 1. The first-order valence-electron chi connectivity index (χ1n) is 7.98. The number of nitrogens with zero attached hydrogens (tertiary/aromatic N) is 2. The van der Waals surface area contributed by atoms with E-state index in [1.54, 1.807) is 6.33 Å². The highest BCUT2D eigenvalue weighted by atomic mass is 16.5. The molecule has 1 aliphatic rings. The predicted octanol–water partition coefficient (Wildman–Crippen LogP) is 2.02. The van der Waals surface area contributed by atoms with Gasteiger partial charge in [-0.2, -0.15) is 0 Å². The minimum absolute atomic E-state index is 0.0324. The number of primary amides is 1. The van der Waals surface area contributed by atoms with Gasteiger partial charge in [0.2, 0.25) is 5.91 Å². The lowest BCUT2D eigenvalue weighted by Gasteiger charge is -2.31. The third-order valence-electron chi connectivity index (χ3n) is 4.44. The number of aryl methyl sites for hydroxylation is 1. The smallest absolute Gasteiger partial charge is 0.219 e. The van der Waals surface area contributed by atoms with Crippen LogP contribution in [-0.4, -0.2) is 35.1 Å². The van der Waals surface area contributed by atoms with Crippen LogP contribution in [-0.2, 0) is 9.53 Å². The molecule has 0 aliphatic carbocycles. The maximum Gasteiger partial charge on any atom is 0.219 e. The molecule has 2 heterocycles. The molecule has 1 amide bonds. The van der Waals surface area contributed by atoms with Gasteiger partial charge in [-0.1, -0.05) is 12.1 Å². The largest absolute Gasteiger partial charge is 0.381 e. The first-order valence-corrected chi connectivity index (χ1v) is 7.98. The van der Waals surface area contributed by atoms with E-state index in [2.05, 4.69) is 15.3 Å². The maximum absolute atomic E-state index is 11.5. The number of ether oxygens (including phenoxy) is 1. The van der Waals surface area contributed by atoms with E-state index in [0.29, 0.717) is 12.3 Å². The number of rotatable bonds is 5. The number of hydrogen-bond donors (Lipinski definition) is 2. The molecule has 3 N–H and O–H groups in total. The van der Waals surface area contributed by atoms with Gasteiger partial charge < -0.3 is 15.8 Å². The lowest BCUT2D eigenvalue weighted by Crippen LogP contribution is -2.37. The summed E-state index contributed by atoms with van der Waals surface area (Å²) in [7, 11) is 0. The molecule has 6 nitrogen and oxygen atoms in total. The van der Waals surface area contributed by atoms with Crippen molar-refractivity contribution < 1.29 is 9.53 Å². The molecule has 1 fully saturated rings. The fourth-order valence-electron chi connectivity index (χ4n) is 3.20. The number of carbonyl (C=O) groups excluding carboxylic acids is 1. The van der Waals surface area contributed by atoms with Gasteiger partial charge in [-0.3, -0.25) is 4.79 Å². The summed E-state index contributed by atoms with van der Waals surface area (Å²) < 4.78 is 5.42. The van der Waals surface area contributed by atoms with Crippen LogP contribution >= 0.6 is 0 Å². The quantitative estimate of drug-likeness (QED) is 0.881. The molecule has 122 valence electrons. The third kappa shape index (κ3) is 3.59. The van der Waals surface area contributed by atoms with Crippen LogP contribution in [0.1, 0.15) is 24.8 Å². The molecule has 0 unspecified atom stereocenters. The molecular weight excluding hydrogens is 292 g/mol. The van der Waals surface area contributed by atoms with Gasteiger partial charge in [0.25, 0.3) is 0 Å². The van der Waals surface area contributed by atoms with Crippen LogP contribution in [0.25, 0.3) is 10.9 Å². The van der Waals surface area contributed by atoms with Crippen LogP contribution in [0.3, 0.4) is 0 Å². The molecule has 23 heavy (non-hydrogen) atoms. The van der Waals surface area contributed by atoms with Crippen molar-refractivity contribution >= 4 is 22.6 Å². The Hall–Kier alpha value is -2.21. The summed E-state index contributed by atoms with van der Waals surface area (Å²) in [6.07, 6.45) is 3.70. The Morgan fingerprint density at radius 1 is 1.39 bits per heavy atom. The molecule has 2 aromatic rings. The van der Waals surface area contributed by atoms with Gasteiger partial charge in [0, 0.05) is 31.1 Å². The van der Waals surface area contributed by atoms with Crippen molar-refractivity contribution in [2.75, 3.05) is 18.5 Å². The molecule has 0 spiro atoms. The van der Waals surface area contributed by atoms with E-state index in [0.717, 1.165) is 48.3 Å². The SMILES string of the molecule is Cc1cccc2c(N[C@@H](CC(N)=O)C3CCOCC3)ncnc12. The van der Waals surface area contributed by atoms with Gasteiger partial charge in [0.15, 0.2) is 0 Å². The number of para-hydroxylation sites is 1. The summed E-state index contributed by atoms with van der Waals surface area (Å²) in [5.74, 6) is 0.811. The van der Waals surface area contributed by atoms with E-state index >= 15 is 0 Å². The number of amides is 1. The standard InChI is InChI=1S/C17H22N4O2/c1-11-3-2-4-13-16(11)19-10-20-17(13)21-14(9-15(18)22)12-5-7-23-8-6-12/h2-4,10,12,14H,5-9H2,1H3,(H2,18,22)(H,19,20,21)/t14-/m0/s1. The van der Waals surface area contributed by atoms with Crippen LogP contribution in [0.2, 0.25) is 0 Å². The molecule has 0 radical (unpaired) electrons. The number of hydrogen-bond acceptors (Lipinski definition) is 5. The summed E-state index contributed by atoms with van der Waals surface area (Å²) >= 11 is 0. The minimum atomic E-state index is -0.302. The first kappa shape index (κ1) is 15.7. The molecule has 0 bridgehead atoms. The predicted molar refractivity (Wildman–Crippen MR) is 89.0 cm³/mol. The molecule has 3 rings (SSSR count). The summed E-state index contributed by atoms with van der Waals surface area (Å²) in [5, 5.41) is 4.41. The Balaban J connectivity index is 1.90. The fourth-order valence-corrected chi connectivity index (χ4v) is 3.20. The Morgan fingerprint density at radius 3 is 2.91 bits per heavy atom. The molecule has 1 aliphatic heterocycles. The number of benzene rings is 1. The zero-order valence-corrected chi connectivity index (χ0v) is 13.3. The maximum atomic E-state index is 11.5. The number of nitrogens with one attached hydrogen (secondary N) is 1. The second-order valence-electron chi connectivity index (χ2n) is 6.06. The molecule has 1 saturated heterocycles. The highest BCUT2D eigenvalue weighted by Gasteiger charge is 2.26. The number of nitrogens with two attached hydrogens (primary N) is 1. The van der Waals surface area contributed by atoms with Crippen LogP contribution in [0.4, 0.5) is 5.82 Å². The highest BCUT2D eigenvalue weighted by molar-refractivity contribution is 5.91. The van der Waals surface area contributed by atoms with Gasteiger partial charge in [-0.05, 0) is 37.3 Å². The van der Waals surface area contributed by atoms with Gasteiger partial charge in [-0.15, -0.1) is 0 Å². The monoisotopic (exact) mass is 314 g/mol. The summed E-state index contributed by atoms with van der Waals surface area (Å²) in [5.41, 5.74) is 7.48.